The summed E-state index contributed by atoms with van der Waals surface area (Å²) in [6.45, 7) is 8.95. The van der Waals surface area contributed by atoms with Gasteiger partial charge >= 0.3 is 0 Å². The van der Waals surface area contributed by atoms with Crippen LogP contribution in [0.3, 0.4) is 0 Å². The molecular formula is C17H23N3. The van der Waals surface area contributed by atoms with Gasteiger partial charge in [0.15, 0.2) is 0 Å². The second kappa shape index (κ2) is 4.65. The number of aromatic nitrogens is 2. The molecule has 1 N–H and O–H groups in total. The molecule has 1 unspecified atom stereocenters. The fraction of sp³-hybridized carbons (Fsp3) is 0.471. The van der Waals surface area contributed by atoms with Gasteiger partial charge in [0.25, 0.3) is 0 Å². The van der Waals surface area contributed by atoms with E-state index in [1.54, 1.807) is 0 Å². The summed E-state index contributed by atoms with van der Waals surface area (Å²) >= 11 is 0. The first-order valence-corrected chi connectivity index (χ1v) is 7.36. The number of nitrogens with one attached hydrogen (secondary N) is 1. The van der Waals surface area contributed by atoms with E-state index in [0.717, 1.165) is 12.1 Å². The van der Waals surface area contributed by atoms with Crippen molar-refractivity contribution in [2.24, 2.45) is 5.41 Å². The Balaban J connectivity index is 1.89. The van der Waals surface area contributed by atoms with Crippen molar-refractivity contribution in [1.29, 1.82) is 0 Å². The molecule has 0 fully saturated rings. The van der Waals surface area contributed by atoms with Gasteiger partial charge in [0.05, 0.1) is 17.9 Å². The molecule has 0 saturated carbocycles. The fourth-order valence-electron chi connectivity index (χ4n) is 3.13. The lowest BCUT2D eigenvalue weighted by atomic mass is 9.85. The largest absolute Gasteiger partial charge is 0.375 e. The van der Waals surface area contributed by atoms with E-state index in [0.29, 0.717) is 12.1 Å². The van der Waals surface area contributed by atoms with Crippen molar-refractivity contribution in [2.45, 2.75) is 46.2 Å². The Kier molecular flexibility index (Phi) is 3.08. The van der Waals surface area contributed by atoms with Gasteiger partial charge in [-0.3, -0.25) is 4.68 Å². The van der Waals surface area contributed by atoms with E-state index in [1.165, 1.54) is 11.1 Å². The lowest BCUT2D eigenvalue weighted by Crippen LogP contribution is -2.24. The van der Waals surface area contributed by atoms with Gasteiger partial charge in [-0.1, -0.05) is 38.1 Å². The minimum atomic E-state index is 0.226. The number of fused-ring (bicyclic) bond motifs is 1. The van der Waals surface area contributed by atoms with Crippen LogP contribution in [0.15, 0.2) is 36.7 Å². The quantitative estimate of drug-likeness (QED) is 0.905. The van der Waals surface area contributed by atoms with Crippen LogP contribution < -0.4 is 5.32 Å². The Hall–Kier alpha value is -1.77. The fourth-order valence-corrected chi connectivity index (χ4v) is 3.13. The van der Waals surface area contributed by atoms with Gasteiger partial charge in [-0.15, -0.1) is 0 Å². The van der Waals surface area contributed by atoms with Crippen molar-refractivity contribution in [3.05, 3.63) is 47.8 Å². The van der Waals surface area contributed by atoms with Crippen LogP contribution in [0.5, 0.6) is 0 Å². The molecule has 1 aromatic heterocycles. The minimum absolute atomic E-state index is 0.226. The first-order valence-electron chi connectivity index (χ1n) is 7.36. The van der Waals surface area contributed by atoms with Crippen LogP contribution in [-0.2, 0) is 6.42 Å². The molecular weight excluding hydrogens is 246 g/mol. The van der Waals surface area contributed by atoms with E-state index in [9.17, 15) is 0 Å². The molecule has 0 bridgehead atoms. The van der Waals surface area contributed by atoms with E-state index < -0.39 is 0 Å². The molecule has 20 heavy (non-hydrogen) atoms. The third-order valence-electron chi connectivity index (χ3n) is 4.24. The molecule has 0 aliphatic heterocycles. The molecule has 0 radical (unpaired) electrons. The smallest absolute Gasteiger partial charge is 0.0731 e. The highest BCUT2D eigenvalue weighted by Gasteiger charge is 2.38. The van der Waals surface area contributed by atoms with Gasteiger partial charge in [0, 0.05) is 12.2 Å². The average molecular weight is 269 g/mol. The summed E-state index contributed by atoms with van der Waals surface area (Å²) < 4.78 is 2.00. The van der Waals surface area contributed by atoms with Crippen molar-refractivity contribution in [2.75, 3.05) is 5.32 Å². The minimum Gasteiger partial charge on any atom is -0.375 e. The Morgan fingerprint density at radius 2 is 2.05 bits per heavy atom. The van der Waals surface area contributed by atoms with Crippen molar-refractivity contribution in [3.63, 3.8) is 0 Å². The highest BCUT2D eigenvalue weighted by molar-refractivity contribution is 5.47. The number of anilines is 1. The summed E-state index contributed by atoms with van der Waals surface area (Å²) in [5.41, 5.74) is 4.22. The van der Waals surface area contributed by atoms with Crippen molar-refractivity contribution >= 4 is 5.69 Å². The highest BCUT2D eigenvalue weighted by atomic mass is 15.3. The first-order chi connectivity index (χ1) is 9.47. The van der Waals surface area contributed by atoms with Gasteiger partial charge < -0.3 is 5.32 Å². The van der Waals surface area contributed by atoms with E-state index >= 15 is 0 Å². The molecule has 0 spiro atoms. The monoisotopic (exact) mass is 269 g/mol. The Morgan fingerprint density at radius 1 is 1.30 bits per heavy atom. The average Bonchev–Trinajstić information content (AvgIpc) is 2.93. The van der Waals surface area contributed by atoms with E-state index in [2.05, 4.69) is 68.6 Å². The maximum atomic E-state index is 4.42. The molecule has 1 aliphatic carbocycles. The Labute approximate surface area is 121 Å². The molecule has 1 atom stereocenters. The van der Waals surface area contributed by atoms with E-state index in [-0.39, 0.29) is 5.41 Å². The maximum absolute atomic E-state index is 4.42. The number of hydrogen-bond donors (Lipinski definition) is 1. The molecule has 106 valence electrons. The summed E-state index contributed by atoms with van der Waals surface area (Å²) in [5, 5.41) is 8.09. The molecule has 3 heteroatoms. The number of hydrogen-bond acceptors (Lipinski definition) is 2. The van der Waals surface area contributed by atoms with E-state index in [1.807, 2.05) is 10.9 Å². The Morgan fingerprint density at radius 3 is 2.75 bits per heavy atom. The maximum Gasteiger partial charge on any atom is 0.0731 e. The summed E-state index contributed by atoms with van der Waals surface area (Å²) in [6, 6.07) is 9.50. The molecule has 0 amide bonds. The molecule has 0 saturated heterocycles. The SMILES string of the molecule is CC(C)n1cc(NC2c3ccccc3CC2(C)C)cn1. The van der Waals surface area contributed by atoms with E-state index in [4.69, 9.17) is 0 Å². The molecule has 3 nitrogen and oxygen atoms in total. The topological polar surface area (TPSA) is 29.9 Å². The van der Waals surface area contributed by atoms with Crippen LogP contribution in [0.1, 0.15) is 50.9 Å². The number of rotatable bonds is 3. The summed E-state index contributed by atoms with van der Waals surface area (Å²) in [7, 11) is 0. The van der Waals surface area contributed by atoms with Crippen molar-refractivity contribution in [3.8, 4) is 0 Å². The highest BCUT2D eigenvalue weighted by Crippen LogP contribution is 2.46. The summed E-state index contributed by atoms with van der Waals surface area (Å²) in [5.74, 6) is 0. The first kappa shape index (κ1) is 13.2. The van der Waals surface area contributed by atoms with Crippen LogP contribution in [0.4, 0.5) is 5.69 Å². The van der Waals surface area contributed by atoms with Crippen LogP contribution in [0, 0.1) is 5.41 Å². The third-order valence-corrected chi connectivity index (χ3v) is 4.24. The Bertz CT molecular complexity index is 610. The third kappa shape index (κ3) is 2.21. The van der Waals surface area contributed by atoms with Gasteiger partial charge in [0.1, 0.15) is 0 Å². The van der Waals surface area contributed by atoms with Gasteiger partial charge in [-0.25, -0.2) is 0 Å². The van der Waals surface area contributed by atoms with Crippen LogP contribution >= 0.6 is 0 Å². The summed E-state index contributed by atoms with van der Waals surface area (Å²) in [6.07, 6.45) is 5.15. The molecule has 1 aliphatic rings. The second-order valence-corrected chi connectivity index (χ2v) is 6.74. The zero-order chi connectivity index (χ0) is 14.3. The normalized spacial score (nSPS) is 20.1. The predicted molar refractivity (Wildman–Crippen MR) is 82.9 cm³/mol. The van der Waals surface area contributed by atoms with Gasteiger partial charge in [0.2, 0.25) is 0 Å². The van der Waals surface area contributed by atoms with Gasteiger partial charge in [-0.2, -0.15) is 5.10 Å². The van der Waals surface area contributed by atoms with Crippen LogP contribution in [0.25, 0.3) is 0 Å². The number of benzene rings is 1. The summed E-state index contributed by atoms with van der Waals surface area (Å²) in [4.78, 5) is 0. The second-order valence-electron chi connectivity index (χ2n) is 6.74. The van der Waals surface area contributed by atoms with Crippen LogP contribution in [-0.4, -0.2) is 9.78 Å². The lowest BCUT2D eigenvalue weighted by Gasteiger charge is -2.28. The molecule has 2 aromatic rings. The molecule has 1 aromatic carbocycles. The van der Waals surface area contributed by atoms with Gasteiger partial charge in [-0.05, 0) is 36.8 Å². The molecule has 3 rings (SSSR count). The van der Waals surface area contributed by atoms with Crippen LogP contribution in [0.2, 0.25) is 0 Å². The number of nitrogens with zero attached hydrogens (tertiary/aromatic N) is 2. The molecule has 1 heterocycles. The zero-order valence-corrected chi connectivity index (χ0v) is 12.7. The standard InChI is InChI=1S/C17H23N3/c1-12(2)20-11-14(10-18-20)19-16-15-8-6-5-7-13(15)9-17(16,3)4/h5-8,10-12,16,19H,9H2,1-4H3. The predicted octanol–water partition coefficient (Wildman–Crippen LogP) is 4.20. The van der Waals surface area contributed by atoms with Crippen molar-refractivity contribution in [1.82, 2.24) is 9.78 Å². The zero-order valence-electron chi connectivity index (χ0n) is 12.7. The van der Waals surface area contributed by atoms with Crippen molar-refractivity contribution < 1.29 is 0 Å². The lowest BCUT2D eigenvalue weighted by molar-refractivity contribution is 0.337.